The number of ether oxygens (including phenoxy) is 1. The number of benzene rings is 2. The minimum Gasteiger partial charge on any atom is -0.872 e. The third-order valence-corrected chi connectivity index (χ3v) is 3.62. The Morgan fingerprint density at radius 3 is 2.48 bits per heavy atom. The van der Waals surface area contributed by atoms with E-state index < -0.39 is 6.10 Å². The number of hydrogen-bond donors (Lipinski definition) is 1. The van der Waals surface area contributed by atoms with Gasteiger partial charge in [0.25, 0.3) is 0 Å². The van der Waals surface area contributed by atoms with Crippen LogP contribution in [0.1, 0.15) is 31.1 Å². The van der Waals surface area contributed by atoms with Gasteiger partial charge >= 0.3 is 29.6 Å². The molecule has 2 aromatic carbocycles. The Bertz CT molecular complexity index is 682. The summed E-state index contributed by atoms with van der Waals surface area (Å²) in [5.41, 5.74) is 0.183. The van der Waals surface area contributed by atoms with Gasteiger partial charge in [0, 0.05) is 11.0 Å². The first-order chi connectivity index (χ1) is 10.3. The summed E-state index contributed by atoms with van der Waals surface area (Å²) in [7, 11) is 0. The first-order valence-corrected chi connectivity index (χ1v) is 7.30. The summed E-state index contributed by atoms with van der Waals surface area (Å²) in [4.78, 5) is 12.4. The second kappa shape index (κ2) is 8.27. The summed E-state index contributed by atoms with van der Waals surface area (Å²) in [6.07, 6.45) is -0.581. The third-order valence-electron chi connectivity index (χ3n) is 3.62. The molecule has 0 radical (unpaired) electrons. The average Bonchev–Trinajstić information content (AvgIpc) is 2.51. The third kappa shape index (κ3) is 5.30. The Kier molecular flexibility index (Phi) is 7.24. The predicted molar refractivity (Wildman–Crippen MR) is 84.0 cm³/mol. The van der Waals surface area contributed by atoms with E-state index in [1.165, 1.54) is 6.07 Å². The minimum absolute atomic E-state index is 0. The van der Waals surface area contributed by atoms with Gasteiger partial charge in [-0.15, -0.1) is 5.75 Å². The van der Waals surface area contributed by atoms with Gasteiger partial charge in [-0.1, -0.05) is 44.2 Å². The smallest absolute Gasteiger partial charge is 0.872 e. The molecule has 0 spiro atoms. The van der Waals surface area contributed by atoms with Crippen LogP contribution in [0.4, 0.5) is 0 Å². The van der Waals surface area contributed by atoms with Crippen molar-refractivity contribution in [3.8, 4) is 5.75 Å². The molecule has 1 N–H and O–H groups in total. The van der Waals surface area contributed by atoms with Crippen molar-refractivity contribution in [3.63, 3.8) is 0 Å². The van der Waals surface area contributed by atoms with Gasteiger partial charge in [0.15, 0.2) is 5.78 Å². The van der Waals surface area contributed by atoms with Crippen molar-refractivity contribution in [2.24, 2.45) is 5.41 Å². The van der Waals surface area contributed by atoms with Crippen LogP contribution in [-0.4, -0.2) is 30.2 Å². The van der Waals surface area contributed by atoms with Crippen molar-refractivity contribution in [1.82, 2.24) is 0 Å². The molecule has 23 heavy (non-hydrogen) atoms. The van der Waals surface area contributed by atoms with Crippen molar-refractivity contribution in [2.45, 2.75) is 26.9 Å². The quantitative estimate of drug-likeness (QED) is 0.576. The van der Waals surface area contributed by atoms with Gasteiger partial charge in [-0.05, 0) is 23.8 Å². The van der Waals surface area contributed by atoms with E-state index in [1.54, 1.807) is 37.3 Å². The van der Waals surface area contributed by atoms with Gasteiger partial charge in [-0.3, -0.25) is 4.79 Å². The van der Waals surface area contributed by atoms with Gasteiger partial charge in [0.05, 0.1) is 13.2 Å². The Labute approximate surface area is 158 Å². The molecule has 1 atom stereocenters. The fraction of sp³-hybridized carbons (Fsp3) is 0.389. The van der Waals surface area contributed by atoms with E-state index in [4.69, 9.17) is 4.74 Å². The van der Waals surface area contributed by atoms with Crippen molar-refractivity contribution in [2.75, 3.05) is 13.2 Å². The van der Waals surface area contributed by atoms with Crippen LogP contribution in [0.15, 0.2) is 36.4 Å². The molecule has 0 amide bonds. The molecular formula is C18H21NaO4. The minimum atomic E-state index is -0.581. The molecule has 0 saturated carbocycles. The monoisotopic (exact) mass is 324 g/mol. The molecular weight excluding hydrogens is 303 g/mol. The van der Waals surface area contributed by atoms with Crippen LogP contribution in [0.2, 0.25) is 0 Å². The van der Waals surface area contributed by atoms with Crippen LogP contribution in [0.3, 0.4) is 0 Å². The van der Waals surface area contributed by atoms with Crippen LogP contribution in [0.25, 0.3) is 10.8 Å². The second-order valence-electron chi connectivity index (χ2n) is 6.36. The van der Waals surface area contributed by atoms with Gasteiger partial charge in [0.2, 0.25) is 0 Å². The Morgan fingerprint density at radius 1 is 1.22 bits per heavy atom. The van der Waals surface area contributed by atoms with Crippen LogP contribution in [0, 0.1) is 5.41 Å². The summed E-state index contributed by atoms with van der Waals surface area (Å²) in [6, 6.07) is 10.0. The topological polar surface area (TPSA) is 69.6 Å². The molecule has 0 heterocycles. The number of hydrogen-bond acceptors (Lipinski definition) is 4. The Balaban J connectivity index is 0.00000264. The predicted octanol–water partition coefficient (Wildman–Crippen LogP) is -0.476. The fourth-order valence-electron chi connectivity index (χ4n) is 2.08. The van der Waals surface area contributed by atoms with E-state index in [0.717, 1.165) is 10.8 Å². The van der Waals surface area contributed by atoms with Crippen molar-refractivity contribution in [1.29, 1.82) is 0 Å². The summed E-state index contributed by atoms with van der Waals surface area (Å²) in [6.45, 7) is 5.77. The van der Waals surface area contributed by atoms with Crippen LogP contribution in [0.5, 0.6) is 5.75 Å². The molecule has 0 aromatic heterocycles. The SMILES string of the molecule is CC(OCC(C)(C)CO)C(=O)c1ccc2cc([O-])ccc2c1.[Na+]. The zero-order chi connectivity index (χ0) is 16.3. The van der Waals surface area contributed by atoms with Crippen molar-refractivity contribution < 1.29 is 49.3 Å². The molecule has 2 rings (SSSR count). The van der Waals surface area contributed by atoms with Crippen molar-refractivity contribution >= 4 is 16.6 Å². The van der Waals surface area contributed by atoms with Gasteiger partial charge in [-0.25, -0.2) is 0 Å². The first kappa shape index (κ1) is 20.1. The van der Waals surface area contributed by atoms with E-state index in [-0.39, 0.29) is 53.1 Å². The number of aliphatic hydroxyl groups excluding tert-OH is 1. The number of rotatable bonds is 6. The molecule has 0 fully saturated rings. The largest absolute Gasteiger partial charge is 1.00 e. The van der Waals surface area contributed by atoms with E-state index in [9.17, 15) is 15.0 Å². The fourth-order valence-corrected chi connectivity index (χ4v) is 2.08. The molecule has 5 heteroatoms. The summed E-state index contributed by atoms with van der Waals surface area (Å²) < 4.78 is 5.59. The molecule has 0 saturated heterocycles. The summed E-state index contributed by atoms with van der Waals surface area (Å²) >= 11 is 0. The summed E-state index contributed by atoms with van der Waals surface area (Å²) in [5, 5.41) is 22.2. The van der Waals surface area contributed by atoms with Gasteiger partial charge in [-0.2, -0.15) is 0 Å². The molecule has 0 aliphatic carbocycles. The standard InChI is InChI=1S/C18H22O4.Na/c1-12(22-11-18(2,3)10-19)17(21)15-5-4-14-9-16(20)7-6-13(14)8-15;/h4-9,12,19-20H,10-11H2,1-3H3;/q;+1/p-1. The number of Topliss-reactive ketones (excluding diaryl/α,β-unsaturated/α-hetero) is 1. The zero-order valence-corrected chi connectivity index (χ0v) is 16.1. The van der Waals surface area contributed by atoms with E-state index in [0.29, 0.717) is 12.2 Å². The maximum absolute atomic E-state index is 12.4. The molecule has 118 valence electrons. The number of carbonyl (C=O) groups is 1. The molecule has 1 unspecified atom stereocenters. The number of aliphatic hydroxyl groups is 1. The Hall–Kier alpha value is -0.910. The average molecular weight is 324 g/mol. The molecule has 2 aromatic rings. The Morgan fingerprint density at radius 2 is 1.83 bits per heavy atom. The number of ketones is 1. The van der Waals surface area contributed by atoms with Crippen LogP contribution < -0.4 is 34.7 Å². The van der Waals surface area contributed by atoms with Gasteiger partial charge in [0.1, 0.15) is 6.10 Å². The van der Waals surface area contributed by atoms with Crippen LogP contribution in [-0.2, 0) is 4.74 Å². The second-order valence-corrected chi connectivity index (χ2v) is 6.36. The molecule has 0 aliphatic rings. The first-order valence-electron chi connectivity index (χ1n) is 7.30. The molecule has 4 nitrogen and oxygen atoms in total. The van der Waals surface area contributed by atoms with Crippen molar-refractivity contribution in [3.05, 3.63) is 42.0 Å². The van der Waals surface area contributed by atoms with E-state index in [2.05, 4.69) is 0 Å². The number of fused-ring (bicyclic) bond motifs is 1. The maximum Gasteiger partial charge on any atom is 1.00 e. The van der Waals surface area contributed by atoms with Crippen LogP contribution >= 0.6 is 0 Å². The zero-order valence-electron chi connectivity index (χ0n) is 14.1. The normalized spacial score (nSPS) is 12.7. The molecule has 0 bridgehead atoms. The molecule has 0 aliphatic heterocycles. The van der Waals surface area contributed by atoms with Gasteiger partial charge < -0.3 is 14.9 Å². The van der Waals surface area contributed by atoms with E-state index >= 15 is 0 Å². The maximum atomic E-state index is 12.4. The number of carbonyl (C=O) groups excluding carboxylic acids is 1. The summed E-state index contributed by atoms with van der Waals surface area (Å²) in [5.74, 6) is -0.156. The van der Waals surface area contributed by atoms with E-state index in [1.807, 2.05) is 13.8 Å².